The number of halogens is 1. The van der Waals surface area contributed by atoms with Crippen LogP contribution >= 0.6 is 15.9 Å². The molecule has 1 atom stereocenters. The van der Waals surface area contributed by atoms with Gasteiger partial charge in [-0.1, -0.05) is 52.3 Å². The number of carbonyl (C=O) groups is 1. The van der Waals surface area contributed by atoms with Gasteiger partial charge in [-0.15, -0.1) is 0 Å². The summed E-state index contributed by atoms with van der Waals surface area (Å²) in [7, 11) is 0. The van der Waals surface area contributed by atoms with Gasteiger partial charge >= 0.3 is 0 Å². The summed E-state index contributed by atoms with van der Waals surface area (Å²) in [6.07, 6.45) is 0.336. The first-order valence-electron chi connectivity index (χ1n) is 7.30. The van der Waals surface area contributed by atoms with Crippen LogP contribution in [0.15, 0.2) is 53.0 Å². The number of hydrogen-bond acceptors (Lipinski definition) is 2. The molecule has 3 nitrogen and oxygen atoms in total. The summed E-state index contributed by atoms with van der Waals surface area (Å²) in [6.45, 7) is 4.34. The van der Waals surface area contributed by atoms with Crippen LogP contribution in [0.5, 0.6) is 5.75 Å². The van der Waals surface area contributed by atoms with Crippen molar-refractivity contribution >= 4 is 21.8 Å². The molecular weight excluding hydrogens is 342 g/mol. The lowest BCUT2D eigenvalue weighted by molar-refractivity contribution is -0.122. The van der Waals surface area contributed by atoms with Gasteiger partial charge in [-0.05, 0) is 37.1 Å². The number of hydrogen-bond donors (Lipinski definition) is 1. The third kappa shape index (κ3) is 4.60. The van der Waals surface area contributed by atoms with Gasteiger partial charge in [0.2, 0.25) is 5.91 Å². The number of amides is 1. The highest BCUT2D eigenvalue weighted by atomic mass is 79.9. The quantitative estimate of drug-likeness (QED) is 0.827. The predicted molar refractivity (Wildman–Crippen MR) is 92.0 cm³/mol. The molecule has 116 valence electrons. The molecule has 0 heterocycles. The summed E-state index contributed by atoms with van der Waals surface area (Å²) in [6, 6.07) is 15.6. The van der Waals surface area contributed by atoms with Gasteiger partial charge in [0.05, 0.1) is 19.1 Å². The lowest BCUT2D eigenvalue weighted by Gasteiger charge is -2.16. The van der Waals surface area contributed by atoms with Crippen molar-refractivity contribution in [1.29, 1.82) is 0 Å². The van der Waals surface area contributed by atoms with Gasteiger partial charge in [-0.25, -0.2) is 0 Å². The SMILES string of the molecule is Cc1ccccc1OCCC(=O)N[C@@H](C)c1ccccc1Br. The molecular formula is C18H20BrNO2. The van der Waals surface area contributed by atoms with E-state index in [1.54, 1.807) is 0 Å². The average Bonchev–Trinajstić information content (AvgIpc) is 2.49. The summed E-state index contributed by atoms with van der Waals surface area (Å²) in [4.78, 5) is 12.0. The monoisotopic (exact) mass is 361 g/mol. The highest BCUT2D eigenvalue weighted by Gasteiger charge is 2.12. The Morgan fingerprint density at radius 3 is 2.59 bits per heavy atom. The number of benzene rings is 2. The number of ether oxygens (including phenoxy) is 1. The molecule has 0 aromatic heterocycles. The van der Waals surface area contributed by atoms with Crippen molar-refractivity contribution in [2.45, 2.75) is 26.3 Å². The first kappa shape index (κ1) is 16.6. The number of para-hydroxylation sites is 1. The van der Waals surface area contributed by atoms with E-state index in [1.165, 1.54) is 0 Å². The molecule has 1 N–H and O–H groups in total. The van der Waals surface area contributed by atoms with Crippen LogP contribution in [0, 0.1) is 6.92 Å². The molecule has 0 fully saturated rings. The van der Waals surface area contributed by atoms with Gasteiger partial charge in [0, 0.05) is 4.47 Å². The molecule has 0 aliphatic heterocycles. The van der Waals surface area contributed by atoms with Crippen molar-refractivity contribution in [1.82, 2.24) is 5.32 Å². The Hall–Kier alpha value is -1.81. The molecule has 0 unspecified atom stereocenters. The maximum absolute atomic E-state index is 12.0. The van der Waals surface area contributed by atoms with E-state index in [-0.39, 0.29) is 11.9 Å². The van der Waals surface area contributed by atoms with Crippen LogP contribution in [0.1, 0.15) is 30.5 Å². The Labute approximate surface area is 139 Å². The molecule has 22 heavy (non-hydrogen) atoms. The van der Waals surface area contributed by atoms with Crippen molar-refractivity contribution in [2.24, 2.45) is 0 Å². The first-order chi connectivity index (χ1) is 10.6. The number of nitrogens with one attached hydrogen (secondary N) is 1. The molecule has 2 aromatic carbocycles. The molecule has 4 heteroatoms. The minimum Gasteiger partial charge on any atom is -0.493 e. The highest BCUT2D eigenvalue weighted by molar-refractivity contribution is 9.10. The van der Waals surface area contributed by atoms with E-state index < -0.39 is 0 Å². The van der Waals surface area contributed by atoms with Crippen LogP contribution in [-0.4, -0.2) is 12.5 Å². The molecule has 0 radical (unpaired) electrons. The fraction of sp³-hybridized carbons (Fsp3) is 0.278. The summed E-state index contributed by atoms with van der Waals surface area (Å²) >= 11 is 3.50. The Morgan fingerprint density at radius 1 is 1.18 bits per heavy atom. The molecule has 2 rings (SSSR count). The molecule has 0 spiro atoms. The zero-order chi connectivity index (χ0) is 15.9. The normalized spacial score (nSPS) is 11.8. The van der Waals surface area contributed by atoms with Gasteiger partial charge in [0.25, 0.3) is 0 Å². The second-order valence-corrected chi connectivity index (χ2v) is 6.03. The van der Waals surface area contributed by atoms with E-state index in [1.807, 2.05) is 62.4 Å². The summed E-state index contributed by atoms with van der Waals surface area (Å²) in [5, 5.41) is 2.99. The summed E-state index contributed by atoms with van der Waals surface area (Å²) < 4.78 is 6.65. The van der Waals surface area contributed by atoms with Crippen LogP contribution in [0.2, 0.25) is 0 Å². The topological polar surface area (TPSA) is 38.3 Å². The van der Waals surface area contributed by atoms with Crippen molar-refractivity contribution in [3.8, 4) is 5.75 Å². The highest BCUT2D eigenvalue weighted by Crippen LogP contribution is 2.22. The van der Waals surface area contributed by atoms with E-state index >= 15 is 0 Å². The Bertz CT molecular complexity index is 642. The maximum Gasteiger partial charge on any atom is 0.223 e. The fourth-order valence-corrected chi connectivity index (χ4v) is 2.82. The standard InChI is InChI=1S/C18H20BrNO2/c1-13-7-3-6-10-17(13)22-12-11-18(21)20-14(2)15-8-4-5-9-16(15)19/h3-10,14H,11-12H2,1-2H3,(H,20,21)/t14-/m0/s1. The zero-order valence-electron chi connectivity index (χ0n) is 12.8. The molecule has 0 saturated heterocycles. The largest absolute Gasteiger partial charge is 0.493 e. The zero-order valence-corrected chi connectivity index (χ0v) is 14.4. The van der Waals surface area contributed by atoms with Crippen LogP contribution in [0.3, 0.4) is 0 Å². The Balaban J connectivity index is 1.81. The van der Waals surface area contributed by atoms with Crippen LogP contribution < -0.4 is 10.1 Å². The van der Waals surface area contributed by atoms with Gasteiger partial charge in [0.1, 0.15) is 5.75 Å². The van der Waals surface area contributed by atoms with Crippen molar-refractivity contribution in [3.05, 3.63) is 64.1 Å². The predicted octanol–water partition coefficient (Wildman–Crippen LogP) is 4.40. The second-order valence-electron chi connectivity index (χ2n) is 5.17. The van der Waals surface area contributed by atoms with Crippen molar-refractivity contribution in [2.75, 3.05) is 6.61 Å². The Kier molecular flexibility index (Phi) is 6.01. The van der Waals surface area contributed by atoms with Gasteiger partial charge in [-0.2, -0.15) is 0 Å². The van der Waals surface area contributed by atoms with Crippen LogP contribution in [0.4, 0.5) is 0 Å². The van der Waals surface area contributed by atoms with Crippen molar-refractivity contribution in [3.63, 3.8) is 0 Å². The Morgan fingerprint density at radius 2 is 1.86 bits per heavy atom. The minimum absolute atomic E-state index is 0.0168. The third-order valence-electron chi connectivity index (χ3n) is 3.43. The lowest BCUT2D eigenvalue weighted by Crippen LogP contribution is -2.28. The fourth-order valence-electron chi connectivity index (χ4n) is 2.19. The third-order valence-corrected chi connectivity index (χ3v) is 4.15. The first-order valence-corrected chi connectivity index (χ1v) is 8.09. The molecule has 1 amide bonds. The summed E-state index contributed by atoms with van der Waals surface area (Å²) in [5.74, 6) is 0.811. The van der Waals surface area contributed by atoms with Gasteiger partial charge < -0.3 is 10.1 Å². The smallest absolute Gasteiger partial charge is 0.223 e. The van der Waals surface area contributed by atoms with Crippen molar-refractivity contribution < 1.29 is 9.53 Å². The lowest BCUT2D eigenvalue weighted by atomic mass is 10.1. The molecule has 2 aromatic rings. The molecule has 0 aliphatic rings. The molecule has 0 saturated carbocycles. The number of carbonyl (C=O) groups excluding carboxylic acids is 1. The molecule has 0 aliphatic carbocycles. The van der Waals surface area contributed by atoms with Gasteiger partial charge in [0.15, 0.2) is 0 Å². The van der Waals surface area contributed by atoms with E-state index in [0.717, 1.165) is 21.3 Å². The second kappa shape index (κ2) is 7.99. The van der Waals surface area contributed by atoms with Gasteiger partial charge in [-0.3, -0.25) is 4.79 Å². The minimum atomic E-state index is -0.0402. The van der Waals surface area contributed by atoms with Crippen LogP contribution in [-0.2, 0) is 4.79 Å². The van der Waals surface area contributed by atoms with E-state index in [9.17, 15) is 4.79 Å². The molecule has 0 bridgehead atoms. The average molecular weight is 362 g/mol. The van der Waals surface area contributed by atoms with E-state index in [2.05, 4.69) is 21.2 Å². The van der Waals surface area contributed by atoms with E-state index in [0.29, 0.717) is 13.0 Å². The summed E-state index contributed by atoms with van der Waals surface area (Å²) in [5.41, 5.74) is 2.14. The van der Waals surface area contributed by atoms with Crippen LogP contribution in [0.25, 0.3) is 0 Å². The maximum atomic E-state index is 12.0. The van der Waals surface area contributed by atoms with E-state index in [4.69, 9.17) is 4.74 Å². The number of aryl methyl sites for hydroxylation is 1. The number of rotatable bonds is 6.